The normalized spacial score (nSPS) is 15.9. The van der Waals surface area contributed by atoms with Crippen LogP contribution in [0.15, 0.2) is 18.2 Å². The molecule has 1 saturated heterocycles. The van der Waals surface area contributed by atoms with E-state index >= 15 is 0 Å². The van der Waals surface area contributed by atoms with E-state index in [1.165, 1.54) is 0 Å². The SMILES string of the molecule is NCC(=O)c1cc(N2CCOCC2)ccc1N. The molecule has 2 rings (SSSR count). The van der Waals surface area contributed by atoms with E-state index in [4.69, 9.17) is 16.2 Å². The van der Waals surface area contributed by atoms with Crippen molar-refractivity contribution in [2.75, 3.05) is 43.5 Å². The Bertz CT molecular complexity index is 414. The second kappa shape index (κ2) is 5.16. The van der Waals surface area contributed by atoms with Crippen molar-refractivity contribution in [3.05, 3.63) is 23.8 Å². The molecule has 5 nitrogen and oxygen atoms in total. The summed E-state index contributed by atoms with van der Waals surface area (Å²) < 4.78 is 5.29. The van der Waals surface area contributed by atoms with E-state index in [0.717, 1.165) is 18.8 Å². The predicted molar refractivity (Wildman–Crippen MR) is 67.3 cm³/mol. The zero-order valence-electron chi connectivity index (χ0n) is 9.69. The molecular weight excluding hydrogens is 218 g/mol. The third kappa shape index (κ3) is 2.57. The van der Waals surface area contributed by atoms with Gasteiger partial charge in [0.05, 0.1) is 19.8 Å². The van der Waals surface area contributed by atoms with Gasteiger partial charge >= 0.3 is 0 Å². The van der Waals surface area contributed by atoms with Crippen LogP contribution in [0.3, 0.4) is 0 Å². The van der Waals surface area contributed by atoms with Crippen LogP contribution in [-0.4, -0.2) is 38.6 Å². The monoisotopic (exact) mass is 235 g/mol. The number of rotatable bonds is 3. The Morgan fingerprint density at radius 3 is 2.71 bits per heavy atom. The number of hydrogen-bond acceptors (Lipinski definition) is 5. The Morgan fingerprint density at radius 2 is 2.06 bits per heavy atom. The summed E-state index contributed by atoms with van der Waals surface area (Å²) in [5, 5.41) is 0. The number of nitrogens with two attached hydrogens (primary N) is 2. The molecule has 0 atom stereocenters. The highest BCUT2D eigenvalue weighted by atomic mass is 16.5. The molecule has 0 amide bonds. The topological polar surface area (TPSA) is 81.6 Å². The van der Waals surface area contributed by atoms with E-state index in [2.05, 4.69) is 4.90 Å². The summed E-state index contributed by atoms with van der Waals surface area (Å²) in [5.41, 5.74) is 13.1. The lowest BCUT2D eigenvalue weighted by molar-refractivity contribution is 0.100. The quantitative estimate of drug-likeness (QED) is 0.579. The number of hydrogen-bond donors (Lipinski definition) is 2. The minimum absolute atomic E-state index is 0.0171. The van der Waals surface area contributed by atoms with Gasteiger partial charge in [-0.3, -0.25) is 4.79 Å². The minimum atomic E-state index is -0.127. The summed E-state index contributed by atoms with van der Waals surface area (Å²) in [6.45, 7) is 3.08. The molecule has 0 spiro atoms. The van der Waals surface area contributed by atoms with E-state index in [0.29, 0.717) is 24.5 Å². The van der Waals surface area contributed by atoms with Crippen LogP contribution in [0.5, 0.6) is 0 Å². The number of Topliss-reactive ketones (excluding diaryl/α,β-unsaturated/α-hetero) is 1. The first-order chi connectivity index (χ1) is 8.22. The highest BCUT2D eigenvalue weighted by molar-refractivity contribution is 6.02. The molecule has 1 aliphatic heterocycles. The van der Waals surface area contributed by atoms with Crippen LogP contribution in [0.25, 0.3) is 0 Å². The first-order valence-electron chi connectivity index (χ1n) is 5.68. The Hall–Kier alpha value is -1.59. The van der Waals surface area contributed by atoms with Crippen LogP contribution in [0.4, 0.5) is 11.4 Å². The molecule has 0 saturated carbocycles. The van der Waals surface area contributed by atoms with E-state index < -0.39 is 0 Å². The molecule has 4 N–H and O–H groups in total. The molecule has 1 fully saturated rings. The number of nitrogen functional groups attached to an aromatic ring is 1. The maximum Gasteiger partial charge on any atom is 0.178 e. The van der Waals surface area contributed by atoms with Gasteiger partial charge in [-0.1, -0.05) is 0 Å². The number of anilines is 2. The molecule has 0 radical (unpaired) electrons. The second-order valence-electron chi connectivity index (χ2n) is 4.00. The van der Waals surface area contributed by atoms with Crippen LogP contribution >= 0.6 is 0 Å². The highest BCUT2D eigenvalue weighted by Gasteiger charge is 2.14. The first-order valence-corrected chi connectivity index (χ1v) is 5.68. The van der Waals surface area contributed by atoms with Crippen LogP contribution < -0.4 is 16.4 Å². The van der Waals surface area contributed by atoms with Gasteiger partial charge in [0.25, 0.3) is 0 Å². The average molecular weight is 235 g/mol. The summed E-state index contributed by atoms with van der Waals surface area (Å²) in [4.78, 5) is 13.8. The third-order valence-corrected chi connectivity index (χ3v) is 2.90. The van der Waals surface area contributed by atoms with Crippen molar-refractivity contribution in [3.8, 4) is 0 Å². The third-order valence-electron chi connectivity index (χ3n) is 2.90. The molecule has 1 aromatic rings. The molecule has 5 heteroatoms. The summed E-state index contributed by atoms with van der Waals surface area (Å²) in [6, 6.07) is 5.50. The number of carbonyl (C=O) groups is 1. The molecular formula is C12H17N3O2. The van der Waals surface area contributed by atoms with Gasteiger partial charge in [0, 0.05) is 30.0 Å². The highest BCUT2D eigenvalue weighted by Crippen LogP contribution is 2.22. The zero-order valence-corrected chi connectivity index (χ0v) is 9.69. The Morgan fingerprint density at radius 1 is 1.35 bits per heavy atom. The molecule has 0 bridgehead atoms. The minimum Gasteiger partial charge on any atom is -0.398 e. The van der Waals surface area contributed by atoms with E-state index in [-0.39, 0.29) is 12.3 Å². The summed E-state index contributed by atoms with van der Waals surface area (Å²) in [6.07, 6.45) is 0. The molecule has 1 aliphatic rings. The number of ether oxygens (including phenoxy) is 1. The van der Waals surface area contributed by atoms with Crippen molar-refractivity contribution >= 4 is 17.2 Å². The zero-order chi connectivity index (χ0) is 12.3. The van der Waals surface area contributed by atoms with Crippen molar-refractivity contribution in [2.24, 2.45) is 5.73 Å². The maximum atomic E-state index is 11.6. The molecule has 1 aromatic carbocycles. The lowest BCUT2D eigenvalue weighted by Crippen LogP contribution is -2.36. The van der Waals surface area contributed by atoms with Crippen LogP contribution in [0.2, 0.25) is 0 Å². The van der Waals surface area contributed by atoms with E-state index in [1.54, 1.807) is 6.07 Å². The Labute approximate surface area is 100 Å². The average Bonchev–Trinajstić information content (AvgIpc) is 2.39. The van der Waals surface area contributed by atoms with Crippen molar-refractivity contribution in [1.82, 2.24) is 0 Å². The van der Waals surface area contributed by atoms with E-state index in [9.17, 15) is 4.79 Å². The number of nitrogens with zero attached hydrogens (tertiary/aromatic N) is 1. The summed E-state index contributed by atoms with van der Waals surface area (Å²) in [7, 11) is 0. The number of carbonyl (C=O) groups excluding carboxylic acids is 1. The van der Waals surface area contributed by atoms with Gasteiger partial charge in [-0.2, -0.15) is 0 Å². The second-order valence-corrected chi connectivity index (χ2v) is 4.00. The molecule has 1 heterocycles. The fourth-order valence-corrected chi connectivity index (χ4v) is 1.91. The predicted octanol–water partition coefficient (Wildman–Crippen LogP) is 0.247. The van der Waals surface area contributed by atoms with Crippen LogP contribution in [0, 0.1) is 0 Å². The van der Waals surface area contributed by atoms with Crippen molar-refractivity contribution in [3.63, 3.8) is 0 Å². The number of morpholine rings is 1. The number of benzene rings is 1. The standard InChI is InChI=1S/C12H17N3O2/c13-8-12(16)10-7-9(1-2-11(10)14)15-3-5-17-6-4-15/h1-2,7H,3-6,8,13-14H2. The fraction of sp³-hybridized carbons (Fsp3) is 0.417. The summed E-state index contributed by atoms with van der Waals surface area (Å²) in [5.74, 6) is -0.127. The number of ketones is 1. The molecule has 17 heavy (non-hydrogen) atoms. The fourth-order valence-electron chi connectivity index (χ4n) is 1.91. The largest absolute Gasteiger partial charge is 0.398 e. The smallest absolute Gasteiger partial charge is 0.178 e. The molecule has 0 aromatic heterocycles. The van der Waals surface area contributed by atoms with Gasteiger partial charge < -0.3 is 21.1 Å². The van der Waals surface area contributed by atoms with Crippen molar-refractivity contribution in [1.29, 1.82) is 0 Å². The molecule has 0 aliphatic carbocycles. The van der Waals surface area contributed by atoms with Gasteiger partial charge in [0.1, 0.15) is 0 Å². The Balaban J connectivity index is 2.26. The van der Waals surface area contributed by atoms with Gasteiger partial charge in [-0.05, 0) is 18.2 Å². The first kappa shape index (κ1) is 11.9. The summed E-state index contributed by atoms with van der Waals surface area (Å²) >= 11 is 0. The molecule has 0 unspecified atom stereocenters. The molecule has 92 valence electrons. The van der Waals surface area contributed by atoms with Gasteiger partial charge in [0.2, 0.25) is 0 Å². The Kier molecular flexibility index (Phi) is 3.61. The van der Waals surface area contributed by atoms with Crippen molar-refractivity contribution < 1.29 is 9.53 Å². The van der Waals surface area contributed by atoms with Gasteiger partial charge in [-0.15, -0.1) is 0 Å². The maximum absolute atomic E-state index is 11.6. The van der Waals surface area contributed by atoms with Crippen LogP contribution in [0.1, 0.15) is 10.4 Å². The van der Waals surface area contributed by atoms with Crippen molar-refractivity contribution in [2.45, 2.75) is 0 Å². The lowest BCUT2D eigenvalue weighted by atomic mass is 10.1. The van der Waals surface area contributed by atoms with Gasteiger partial charge in [0.15, 0.2) is 5.78 Å². The van der Waals surface area contributed by atoms with Crippen LogP contribution in [-0.2, 0) is 4.74 Å². The van der Waals surface area contributed by atoms with E-state index in [1.807, 2.05) is 12.1 Å². The lowest BCUT2D eigenvalue weighted by Gasteiger charge is -2.29. The van der Waals surface area contributed by atoms with Gasteiger partial charge in [-0.25, -0.2) is 0 Å².